The van der Waals surface area contributed by atoms with Crippen LogP contribution in [0.2, 0.25) is 0 Å². The number of Topliss-reactive ketones (excluding diaryl/α,β-unsaturated/α-hetero) is 2. The summed E-state index contributed by atoms with van der Waals surface area (Å²) in [7, 11) is 0. The number of carbonyl (C=O) groups excluding carboxylic acids is 2. The van der Waals surface area contributed by atoms with E-state index in [0.717, 1.165) is 32.1 Å². The summed E-state index contributed by atoms with van der Waals surface area (Å²) in [4.78, 5) is 24.1. The summed E-state index contributed by atoms with van der Waals surface area (Å²) in [6.45, 7) is 0. The highest BCUT2D eigenvalue weighted by Crippen LogP contribution is 2.27. The Morgan fingerprint density at radius 2 is 1.55 bits per heavy atom. The first-order valence-corrected chi connectivity index (χ1v) is 6.78. The van der Waals surface area contributed by atoms with Crippen LogP contribution in [0.3, 0.4) is 0 Å². The van der Waals surface area contributed by atoms with Crippen molar-refractivity contribution in [2.45, 2.75) is 38.1 Å². The minimum Gasteiger partial charge on any atom is -0.378 e. The third kappa shape index (κ3) is 2.45. The van der Waals surface area contributed by atoms with E-state index in [1.807, 2.05) is 0 Å². The number of nitrogens with one attached hydrogen (secondary N) is 1. The molecule has 0 radical (unpaired) electrons. The molecule has 0 spiro atoms. The first kappa shape index (κ1) is 14.3. The van der Waals surface area contributed by atoms with E-state index in [1.165, 1.54) is 0 Å². The van der Waals surface area contributed by atoms with Gasteiger partial charge < -0.3 is 5.32 Å². The van der Waals surface area contributed by atoms with E-state index in [9.17, 15) is 9.59 Å². The molecule has 20 heavy (non-hydrogen) atoms. The number of allylic oxidation sites excluding steroid dienone is 3. The zero-order valence-corrected chi connectivity index (χ0v) is 11.5. The van der Waals surface area contributed by atoms with Gasteiger partial charge in [-0.25, -0.2) is 0 Å². The van der Waals surface area contributed by atoms with Crippen molar-refractivity contribution < 1.29 is 9.59 Å². The molecule has 6 heteroatoms. The van der Waals surface area contributed by atoms with Crippen LogP contribution >= 0.6 is 11.6 Å². The number of nitrogens with zero attached hydrogens (tertiary/aromatic N) is 2. The van der Waals surface area contributed by atoms with Crippen LogP contribution < -0.4 is 5.32 Å². The summed E-state index contributed by atoms with van der Waals surface area (Å²) < 4.78 is 0. The fraction of sp³-hybridized carbons (Fsp3) is 0.429. The molecule has 0 aromatic heterocycles. The van der Waals surface area contributed by atoms with Crippen LogP contribution in [0.4, 0.5) is 0 Å². The highest BCUT2D eigenvalue weighted by atomic mass is 35.5. The Morgan fingerprint density at radius 3 is 2.10 bits per heavy atom. The zero-order valence-electron chi connectivity index (χ0n) is 10.7. The maximum absolute atomic E-state index is 12.2. The Hall–Kier alpha value is -2.11. The average molecular weight is 290 g/mol. The number of ketones is 2. The second-order valence-electron chi connectivity index (χ2n) is 4.80. The molecule has 0 aromatic carbocycles. The van der Waals surface area contributed by atoms with Crippen LogP contribution in [0.15, 0.2) is 21.9 Å². The molecule has 5 nitrogen and oxygen atoms in total. The van der Waals surface area contributed by atoms with Gasteiger partial charge >= 0.3 is 0 Å². The number of hydrogen-bond acceptors (Lipinski definition) is 5. The van der Waals surface area contributed by atoms with Crippen molar-refractivity contribution in [1.29, 1.82) is 10.5 Å². The maximum Gasteiger partial charge on any atom is 0.222 e. The largest absolute Gasteiger partial charge is 0.378 e. The van der Waals surface area contributed by atoms with Crippen LogP contribution in [0.5, 0.6) is 0 Å². The summed E-state index contributed by atoms with van der Waals surface area (Å²) in [6.07, 6.45) is 5.04. The molecule has 0 saturated heterocycles. The molecule has 0 aliphatic heterocycles. The van der Waals surface area contributed by atoms with Gasteiger partial charge in [0, 0.05) is 6.04 Å². The van der Waals surface area contributed by atoms with Gasteiger partial charge in [0.2, 0.25) is 11.6 Å². The summed E-state index contributed by atoms with van der Waals surface area (Å²) in [5, 5.41) is 20.5. The molecular weight excluding hydrogens is 278 g/mol. The van der Waals surface area contributed by atoms with Gasteiger partial charge in [0.15, 0.2) is 0 Å². The molecule has 2 aliphatic carbocycles. The summed E-state index contributed by atoms with van der Waals surface area (Å²) in [5.41, 5.74) is -0.948. The lowest BCUT2D eigenvalue weighted by molar-refractivity contribution is -0.116. The Morgan fingerprint density at radius 1 is 1.00 bits per heavy atom. The Labute approximate surface area is 121 Å². The van der Waals surface area contributed by atoms with E-state index < -0.39 is 22.7 Å². The van der Waals surface area contributed by atoms with Crippen LogP contribution in [0.1, 0.15) is 32.1 Å². The van der Waals surface area contributed by atoms with Crippen molar-refractivity contribution >= 4 is 23.2 Å². The standard InChI is InChI=1S/C14H12ClN3O2/c15-11-12(18-8-4-2-1-3-5-8)14(20)10(7-17)9(6-16)13(11)19/h8,18H,1-5H2. The normalized spacial score (nSPS) is 20.8. The van der Waals surface area contributed by atoms with Gasteiger partial charge in [0.05, 0.1) is 0 Å². The highest BCUT2D eigenvalue weighted by Gasteiger charge is 2.35. The Bertz CT molecular complexity index is 613. The van der Waals surface area contributed by atoms with Crippen molar-refractivity contribution in [3.05, 3.63) is 21.9 Å². The fourth-order valence-electron chi connectivity index (χ4n) is 2.47. The number of nitriles is 2. The van der Waals surface area contributed by atoms with Crippen LogP contribution in [-0.2, 0) is 9.59 Å². The molecular formula is C14H12ClN3O2. The molecule has 0 bridgehead atoms. The van der Waals surface area contributed by atoms with Crippen LogP contribution in [0, 0.1) is 22.7 Å². The number of halogens is 1. The second kappa shape index (κ2) is 5.90. The lowest BCUT2D eigenvalue weighted by atomic mass is 9.91. The summed E-state index contributed by atoms with van der Waals surface area (Å²) in [6, 6.07) is 3.28. The second-order valence-corrected chi connectivity index (χ2v) is 5.18. The molecule has 0 amide bonds. The van der Waals surface area contributed by atoms with Gasteiger partial charge in [-0.3, -0.25) is 9.59 Å². The van der Waals surface area contributed by atoms with E-state index in [4.69, 9.17) is 22.1 Å². The van der Waals surface area contributed by atoms with E-state index in [1.54, 1.807) is 12.1 Å². The highest BCUT2D eigenvalue weighted by molar-refractivity contribution is 6.50. The first-order valence-electron chi connectivity index (χ1n) is 6.40. The van der Waals surface area contributed by atoms with E-state index in [-0.39, 0.29) is 16.8 Å². The monoisotopic (exact) mass is 289 g/mol. The number of carbonyl (C=O) groups is 2. The molecule has 102 valence electrons. The zero-order chi connectivity index (χ0) is 14.7. The smallest absolute Gasteiger partial charge is 0.222 e. The third-order valence-corrected chi connectivity index (χ3v) is 3.89. The number of rotatable bonds is 2. The molecule has 0 heterocycles. The minimum atomic E-state index is -0.761. The molecule has 2 rings (SSSR count). The van der Waals surface area contributed by atoms with Crippen molar-refractivity contribution in [1.82, 2.24) is 5.32 Å². The van der Waals surface area contributed by atoms with Crippen molar-refractivity contribution in [3.8, 4) is 12.1 Å². The van der Waals surface area contributed by atoms with Crippen molar-refractivity contribution in [2.75, 3.05) is 0 Å². The van der Waals surface area contributed by atoms with Crippen LogP contribution in [-0.4, -0.2) is 17.6 Å². The van der Waals surface area contributed by atoms with Crippen LogP contribution in [0.25, 0.3) is 0 Å². The molecule has 0 aromatic rings. The summed E-state index contributed by atoms with van der Waals surface area (Å²) >= 11 is 5.90. The summed E-state index contributed by atoms with van der Waals surface area (Å²) in [5.74, 6) is -1.43. The van der Waals surface area contributed by atoms with E-state index in [2.05, 4.69) is 5.32 Å². The topological polar surface area (TPSA) is 93.8 Å². The van der Waals surface area contributed by atoms with E-state index in [0.29, 0.717) is 0 Å². The van der Waals surface area contributed by atoms with Crippen molar-refractivity contribution in [2.24, 2.45) is 0 Å². The molecule has 1 saturated carbocycles. The Balaban J connectivity index is 2.32. The molecule has 1 fully saturated rings. The molecule has 0 unspecified atom stereocenters. The SMILES string of the molecule is N#CC1=C(C#N)C(=O)C(NC2CCCCC2)=C(Cl)C1=O. The number of hydrogen-bond donors (Lipinski definition) is 1. The lowest BCUT2D eigenvalue weighted by Crippen LogP contribution is -2.37. The van der Waals surface area contributed by atoms with E-state index >= 15 is 0 Å². The van der Waals surface area contributed by atoms with Gasteiger partial charge in [-0.1, -0.05) is 30.9 Å². The molecule has 2 aliphatic rings. The van der Waals surface area contributed by atoms with Crippen molar-refractivity contribution in [3.63, 3.8) is 0 Å². The predicted molar refractivity (Wildman–Crippen MR) is 71.2 cm³/mol. The molecule has 1 N–H and O–H groups in total. The van der Waals surface area contributed by atoms with Gasteiger partial charge in [-0.2, -0.15) is 10.5 Å². The van der Waals surface area contributed by atoms with Gasteiger partial charge in [-0.15, -0.1) is 0 Å². The molecule has 0 atom stereocenters. The quantitative estimate of drug-likeness (QED) is 0.783. The third-order valence-electron chi connectivity index (χ3n) is 3.53. The predicted octanol–water partition coefficient (Wildman–Crippen LogP) is 1.85. The fourth-order valence-corrected chi connectivity index (χ4v) is 2.70. The van der Waals surface area contributed by atoms with Gasteiger partial charge in [-0.05, 0) is 12.8 Å². The minimum absolute atomic E-state index is 0.0425. The van der Waals surface area contributed by atoms with Gasteiger partial charge in [0.25, 0.3) is 0 Å². The first-order chi connectivity index (χ1) is 9.60. The Kier molecular flexibility index (Phi) is 4.22. The van der Waals surface area contributed by atoms with Gasteiger partial charge in [0.1, 0.15) is 34.0 Å². The maximum atomic E-state index is 12.2. The lowest BCUT2D eigenvalue weighted by Gasteiger charge is -2.26. The average Bonchev–Trinajstić information content (AvgIpc) is 2.48.